The van der Waals surface area contributed by atoms with Crippen LogP contribution in [0.1, 0.15) is 19.5 Å². The normalized spacial score (nSPS) is 11.9. The molecule has 0 saturated heterocycles. The first kappa shape index (κ1) is 14.0. The molecule has 1 aromatic carbocycles. The van der Waals surface area contributed by atoms with Gasteiger partial charge in [-0.25, -0.2) is 4.39 Å². The maximum Gasteiger partial charge on any atom is 0.266 e. The average molecular weight is 277 g/mol. The van der Waals surface area contributed by atoms with Crippen molar-refractivity contribution in [3.63, 3.8) is 0 Å². The van der Waals surface area contributed by atoms with Gasteiger partial charge in [-0.05, 0) is 25.5 Å². The van der Waals surface area contributed by atoms with E-state index in [0.717, 1.165) is 12.1 Å². The molecule has 0 saturated carbocycles. The van der Waals surface area contributed by atoms with Crippen LogP contribution in [0.25, 0.3) is 0 Å². The van der Waals surface area contributed by atoms with Gasteiger partial charge in [-0.15, -0.1) is 0 Å². The first-order valence-corrected chi connectivity index (χ1v) is 6.36. The highest BCUT2D eigenvalue weighted by Gasteiger charge is 2.17. The van der Waals surface area contributed by atoms with E-state index < -0.39 is 11.9 Å². The quantitative estimate of drug-likeness (QED) is 0.882. The van der Waals surface area contributed by atoms with E-state index in [9.17, 15) is 9.18 Å². The number of hydrogen-bond acceptors (Lipinski definition) is 3. The number of carbonyl (C=O) groups is 1. The smallest absolute Gasteiger partial charge is 0.266 e. The van der Waals surface area contributed by atoms with Crippen molar-refractivity contribution in [2.24, 2.45) is 0 Å². The molecule has 6 heteroatoms. The fraction of sp³-hybridized carbons (Fsp3) is 0.286. The number of halogens is 1. The van der Waals surface area contributed by atoms with Crippen LogP contribution >= 0.6 is 0 Å². The Morgan fingerprint density at radius 1 is 1.50 bits per heavy atom. The summed E-state index contributed by atoms with van der Waals surface area (Å²) in [7, 11) is 0. The van der Waals surface area contributed by atoms with Gasteiger partial charge in [0.15, 0.2) is 23.5 Å². The van der Waals surface area contributed by atoms with Crippen LogP contribution in [0.5, 0.6) is 5.75 Å². The minimum Gasteiger partial charge on any atom is -0.478 e. The summed E-state index contributed by atoms with van der Waals surface area (Å²) < 4.78 is 18.7. The number of aromatic nitrogens is 2. The summed E-state index contributed by atoms with van der Waals surface area (Å²) in [6.07, 6.45) is -0.0295. The Morgan fingerprint density at radius 2 is 2.25 bits per heavy atom. The lowest BCUT2D eigenvalue weighted by molar-refractivity contribution is -0.122. The zero-order valence-corrected chi connectivity index (χ0v) is 11.3. The van der Waals surface area contributed by atoms with Crippen LogP contribution in [0, 0.1) is 5.82 Å². The summed E-state index contributed by atoms with van der Waals surface area (Å²) in [5.41, 5.74) is 0.919. The van der Waals surface area contributed by atoms with E-state index in [1.807, 2.05) is 6.92 Å². The number of nitrogens with zero attached hydrogens (tertiary/aromatic N) is 1. The Morgan fingerprint density at radius 3 is 2.90 bits per heavy atom. The van der Waals surface area contributed by atoms with Crippen LogP contribution in [0.15, 0.2) is 30.3 Å². The van der Waals surface area contributed by atoms with Crippen LogP contribution in [0.3, 0.4) is 0 Å². The van der Waals surface area contributed by atoms with E-state index in [-0.39, 0.29) is 11.7 Å². The van der Waals surface area contributed by atoms with E-state index in [1.165, 1.54) is 12.1 Å². The van der Waals surface area contributed by atoms with Crippen molar-refractivity contribution in [2.75, 3.05) is 5.32 Å². The summed E-state index contributed by atoms with van der Waals surface area (Å²) >= 11 is 0. The predicted molar refractivity (Wildman–Crippen MR) is 73.1 cm³/mol. The van der Waals surface area contributed by atoms with Crippen molar-refractivity contribution in [3.05, 3.63) is 41.8 Å². The molecule has 0 radical (unpaired) electrons. The lowest BCUT2D eigenvalue weighted by atomic mass is 10.3. The van der Waals surface area contributed by atoms with Gasteiger partial charge in [0.1, 0.15) is 0 Å². The third kappa shape index (κ3) is 3.34. The molecule has 1 atom stereocenters. The molecule has 0 aliphatic rings. The Balaban J connectivity index is 1.97. The number of hydrogen-bond donors (Lipinski definition) is 2. The average Bonchev–Trinajstić information content (AvgIpc) is 2.89. The highest BCUT2D eigenvalue weighted by molar-refractivity contribution is 5.93. The summed E-state index contributed by atoms with van der Waals surface area (Å²) in [6, 6.07) is 7.70. The highest BCUT2D eigenvalue weighted by Crippen LogP contribution is 2.17. The van der Waals surface area contributed by atoms with E-state index in [0.29, 0.717) is 5.82 Å². The Hall–Kier alpha value is -2.37. The molecule has 2 rings (SSSR count). The third-order valence-electron chi connectivity index (χ3n) is 2.77. The summed E-state index contributed by atoms with van der Waals surface area (Å²) in [6.45, 7) is 3.53. The lowest BCUT2D eigenvalue weighted by Gasteiger charge is -2.14. The number of nitrogens with one attached hydrogen (secondary N) is 2. The number of aromatic amines is 1. The van der Waals surface area contributed by atoms with E-state index in [2.05, 4.69) is 15.5 Å². The number of benzene rings is 1. The minimum atomic E-state index is -0.825. The molecule has 0 spiro atoms. The topological polar surface area (TPSA) is 67.0 Å². The van der Waals surface area contributed by atoms with Gasteiger partial charge in [-0.3, -0.25) is 9.89 Å². The molecule has 5 nitrogen and oxygen atoms in total. The highest BCUT2D eigenvalue weighted by atomic mass is 19.1. The van der Waals surface area contributed by atoms with Crippen molar-refractivity contribution < 1.29 is 13.9 Å². The molecule has 1 aromatic heterocycles. The summed E-state index contributed by atoms with van der Waals surface area (Å²) in [5, 5.41) is 9.35. The fourth-order valence-corrected chi connectivity index (χ4v) is 1.62. The Bertz CT molecular complexity index is 598. The zero-order chi connectivity index (χ0) is 14.5. The van der Waals surface area contributed by atoms with Crippen molar-refractivity contribution in [2.45, 2.75) is 26.4 Å². The minimum absolute atomic E-state index is 0.0476. The van der Waals surface area contributed by atoms with Crippen LogP contribution < -0.4 is 10.1 Å². The largest absolute Gasteiger partial charge is 0.478 e. The van der Waals surface area contributed by atoms with E-state index in [4.69, 9.17) is 4.74 Å². The Kier molecular flexibility index (Phi) is 4.34. The number of ether oxygens (including phenoxy) is 1. The molecule has 106 valence electrons. The van der Waals surface area contributed by atoms with Crippen molar-refractivity contribution in [1.82, 2.24) is 10.2 Å². The number of rotatable bonds is 5. The second-order valence-corrected chi connectivity index (χ2v) is 4.31. The first-order chi connectivity index (χ1) is 9.60. The van der Waals surface area contributed by atoms with Crippen molar-refractivity contribution in [1.29, 1.82) is 0 Å². The van der Waals surface area contributed by atoms with Crippen LogP contribution in [0.4, 0.5) is 10.2 Å². The summed E-state index contributed by atoms with van der Waals surface area (Å²) in [5.74, 6) is -0.412. The number of H-pyrrole nitrogens is 1. The number of aryl methyl sites for hydroxylation is 1. The van der Waals surface area contributed by atoms with Crippen molar-refractivity contribution >= 4 is 11.7 Å². The zero-order valence-electron chi connectivity index (χ0n) is 11.3. The number of para-hydroxylation sites is 1. The Labute approximate surface area is 116 Å². The van der Waals surface area contributed by atoms with Gasteiger partial charge in [0.05, 0.1) is 0 Å². The van der Waals surface area contributed by atoms with E-state index >= 15 is 0 Å². The maximum atomic E-state index is 13.4. The molecule has 1 heterocycles. The van der Waals surface area contributed by atoms with Crippen LogP contribution in [0.2, 0.25) is 0 Å². The van der Waals surface area contributed by atoms with Gasteiger partial charge in [0, 0.05) is 11.8 Å². The molecule has 2 aromatic rings. The van der Waals surface area contributed by atoms with Gasteiger partial charge in [0.2, 0.25) is 0 Å². The predicted octanol–water partition coefficient (Wildman–Crippen LogP) is 2.52. The molecular formula is C14H16FN3O2. The van der Waals surface area contributed by atoms with Gasteiger partial charge < -0.3 is 10.1 Å². The third-order valence-corrected chi connectivity index (χ3v) is 2.77. The second-order valence-electron chi connectivity index (χ2n) is 4.31. The molecule has 0 aliphatic heterocycles. The molecule has 1 unspecified atom stereocenters. The van der Waals surface area contributed by atoms with Gasteiger partial charge in [-0.1, -0.05) is 19.1 Å². The molecule has 2 N–H and O–H groups in total. The molecule has 1 amide bonds. The maximum absolute atomic E-state index is 13.4. The lowest BCUT2D eigenvalue weighted by Crippen LogP contribution is -2.30. The number of amides is 1. The first-order valence-electron chi connectivity index (χ1n) is 6.36. The standard InChI is InChI=1S/C14H16FN3O2/c1-3-10-8-13(18-17-10)16-14(19)9(2)20-12-7-5-4-6-11(12)15/h4-9H,3H2,1-2H3,(H2,16,17,18,19). The molecule has 20 heavy (non-hydrogen) atoms. The monoisotopic (exact) mass is 277 g/mol. The van der Waals surface area contributed by atoms with Gasteiger partial charge >= 0.3 is 0 Å². The van der Waals surface area contributed by atoms with Crippen molar-refractivity contribution in [3.8, 4) is 5.75 Å². The molecule has 0 aliphatic carbocycles. The number of anilines is 1. The fourth-order valence-electron chi connectivity index (χ4n) is 1.62. The van der Waals surface area contributed by atoms with Crippen LogP contribution in [-0.2, 0) is 11.2 Å². The van der Waals surface area contributed by atoms with Crippen LogP contribution in [-0.4, -0.2) is 22.2 Å². The number of carbonyl (C=O) groups excluding carboxylic acids is 1. The summed E-state index contributed by atoms with van der Waals surface area (Å²) in [4.78, 5) is 11.9. The van der Waals surface area contributed by atoms with Gasteiger partial charge in [-0.2, -0.15) is 5.10 Å². The van der Waals surface area contributed by atoms with Gasteiger partial charge in [0.25, 0.3) is 5.91 Å². The van der Waals surface area contributed by atoms with E-state index in [1.54, 1.807) is 25.1 Å². The molecule has 0 fully saturated rings. The second kappa shape index (κ2) is 6.18. The molecular weight excluding hydrogens is 261 g/mol. The SMILES string of the molecule is CCc1cc(NC(=O)C(C)Oc2ccccc2F)n[nH]1. The molecule has 0 bridgehead atoms.